The highest BCUT2D eigenvalue weighted by molar-refractivity contribution is 5.89. The maximum atomic E-state index is 11.0. The van der Waals surface area contributed by atoms with Crippen LogP contribution in [0.1, 0.15) is 56.1 Å². The smallest absolute Gasteiger partial charge is 0.141 e. The predicted molar refractivity (Wildman–Crippen MR) is 119 cm³/mol. The molecule has 31 heavy (non-hydrogen) atoms. The first kappa shape index (κ1) is 20.4. The standard InChI is InChI=1S/C26H30O5/c1-14-22(25(28)26(2,3)24(14)27)21-12-17-20(30-21)13-19(29-4)16-10-11-18(31-23(16)17)15-8-6-5-7-9-15/h5-9,12-14,18,22,24-25,27-28H,10-11H2,1-4H3. The SMILES string of the molecule is COc1cc2oc(C3C(C)C(O)C(C)(C)C3O)cc2c2c1CCC(c1ccccc1)O2. The average Bonchev–Trinajstić information content (AvgIpc) is 3.27. The Kier molecular flexibility index (Phi) is 4.79. The number of aliphatic hydroxyl groups excluding tert-OH is 2. The topological polar surface area (TPSA) is 72.1 Å². The molecule has 3 aromatic rings. The number of aliphatic hydroxyl groups is 2. The Hall–Kier alpha value is -2.50. The number of rotatable bonds is 3. The molecule has 2 aromatic carbocycles. The van der Waals surface area contributed by atoms with Crippen molar-refractivity contribution in [1.82, 2.24) is 0 Å². The largest absolute Gasteiger partial charge is 0.496 e. The van der Waals surface area contributed by atoms with Gasteiger partial charge in [0.1, 0.15) is 28.9 Å². The minimum Gasteiger partial charge on any atom is -0.496 e. The first-order valence-electron chi connectivity index (χ1n) is 11.0. The van der Waals surface area contributed by atoms with Crippen LogP contribution < -0.4 is 9.47 Å². The number of benzene rings is 2. The van der Waals surface area contributed by atoms with Crippen molar-refractivity contribution in [3.8, 4) is 11.5 Å². The molecule has 1 aliphatic heterocycles. The van der Waals surface area contributed by atoms with Crippen LogP contribution in [0.2, 0.25) is 0 Å². The first-order valence-corrected chi connectivity index (χ1v) is 11.0. The van der Waals surface area contributed by atoms with Gasteiger partial charge in [-0.2, -0.15) is 0 Å². The molecule has 5 atom stereocenters. The molecule has 5 rings (SSSR count). The van der Waals surface area contributed by atoms with E-state index < -0.39 is 17.6 Å². The third-order valence-electron chi connectivity index (χ3n) is 7.42. The summed E-state index contributed by atoms with van der Waals surface area (Å²) in [5.74, 6) is 1.83. The van der Waals surface area contributed by atoms with Gasteiger partial charge in [0.05, 0.1) is 24.7 Å². The van der Waals surface area contributed by atoms with Gasteiger partial charge in [0.2, 0.25) is 0 Å². The fourth-order valence-corrected chi connectivity index (χ4v) is 5.50. The van der Waals surface area contributed by atoms with Crippen molar-refractivity contribution in [1.29, 1.82) is 0 Å². The lowest BCUT2D eigenvalue weighted by Crippen LogP contribution is -2.34. The Labute approximate surface area is 182 Å². The van der Waals surface area contributed by atoms with E-state index in [1.807, 2.05) is 51.1 Å². The van der Waals surface area contributed by atoms with Gasteiger partial charge >= 0.3 is 0 Å². The number of hydrogen-bond acceptors (Lipinski definition) is 5. The molecule has 1 fully saturated rings. The van der Waals surface area contributed by atoms with Crippen LogP contribution in [-0.2, 0) is 6.42 Å². The molecule has 164 valence electrons. The van der Waals surface area contributed by atoms with Crippen LogP contribution in [0.25, 0.3) is 11.0 Å². The predicted octanol–water partition coefficient (Wildman–Crippen LogP) is 4.99. The summed E-state index contributed by atoms with van der Waals surface area (Å²) in [6.45, 7) is 5.78. The van der Waals surface area contributed by atoms with E-state index in [0.29, 0.717) is 11.3 Å². The maximum absolute atomic E-state index is 11.0. The van der Waals surface area contributed by atoms with E-state index in [4.69, 9.17) is 13.9 Å². The zero-order chi connectivity index (χ0) is 21.9. The number of ether oxygens (including phenoxy) is 2. The summed E-state index contributed by atoms with van der Waals surface area (Å²) >= 11 is 0. The molecule has 1 aliphatic carbocycles. The van der Waals surface area contributed by atoms with Gasteiger partial charge in [-0.15, -0.1) is 0 Å². The molecule has 5 unspecified atom stereocenters. The second kappa shape index (κ2) is 7.28. The molecule has 0 amide bonds. The number of methoxy groups -OCH3 is 1. The molecule has 0 bridgehead atoms. The highest BCUT2D eigenvalue weighted by atomic mass is 16.5. The van der Waals surface area contributed by atoms with Crippen LogP contribution in [0, 0.1) is 11.3 Å². The molecule has 2 N–H and O–H groups in total. The zero-order valence-corrected chi connectivity index (χ0v) is 18.5. The van der Waals surface area contributed by atoms with Crippen molar-refractivity contribution in [2.24, 2.45) is 11.3 Å². The van der Waals surface area contributed by atoms with Gasteiger partial charge in [0.15, 0.2) is 0 Å². The lowest BCUT2D eigenvalue weighted by Gasteiger charge is -2.28. The van der Waals surface area contributed by atoms with Crippen LogP contribution in [-0.4, -0.2) is 29.5 Å². The first-order chi connectivity index (χ1) is 14.8. The monoisotopic (exact) mass is 422 g/mol. The third kappa shape index (κ3) is 3.06. The van der Waals surface area contributed by atoms with E-state index >= 15 is 0 Å². The Balaban J connectivity index is 1.60. The second-order valence-electron chi connectivity index (χ2n) is 9.60. The molecule has 0 spiro atoms. The van der Waals surface area contributed by atoms with Gasteiger partial charge in [-0.05, 0) is 30.4 Å². The number of furan rings is 1. The second-order valence-corrected chi connectivity index (χ2v) is 9.60. The Bertz CT molecular complexity index is 1100. The molecule has 0 radical (unpaired) electrons. The van der Waals surface area contributed by atoms with Crippen molar-refractivity contribution in [3.63, 3.8) is 0 Å². The quantitative estimate of drug-likeness (QED) is 0.622. The van der Waals surface area contributed by atoms with Crippen LogP contribution in [0.3, 0.4) is 0 Å². The molecular formula is C26H30O5. The summed E-state index contributed by atoms with van der Waals surface area (Å²) in [6, 6.07) is 14.1. The minimum atomic E-state index is -0.700. The summed E-state index contributed by atoms with van der Waals surface area (Å²) in [4.78, 5) is 0. The summed E-state index contributed by atoms with van der Waals surface area (Å²) in [6.07, 6.45) is 0.390. The third-order valence-corrected chi connectivity index (χ3v) is 7.42. The van der Waals surface area contributed by atoms with E-state index in [0.717, 1.165) is 40.9 Å². The van der Waals surface area contributed by atoms with Crippen molar-refractivity contribution >= 4 is 11.0 Å². The van der Waals surface area contributed by atoms with Gasteiger partial charge in [-0.1, -0.05) is 51.1 Å². The lowest BCUT2D eigenvalue weighted by atomic mass is 9.85. The van der Waals surface area contributed by atoms with E-state index in [2.05, 4.69) is 12.1 Å². The molecular weight excluding hydrogens is 392 g/mol. The van der Waals surface area contributed by atoms with E-state index in [1.165, 1.54) is 0 Å². The van der Waals surface area contributed by atoms with Crippen LogP contribution in [0.15, 0.2) is 46.9 Å². The Morgan fingerprint density at radius 2 is 1.81 bits per heavy atom. The van der Waals surface area contributed by atoms with Gasteiger partial charge in [-0.25, -0.2) is 0 Å². The lowest BCUT2D eigenvalue weighted by molar-refractivity contribution is -0.00720. The van der Waals surface area contributed by atoms with Crippen LogP contribution >= 0.6 is 0 Å². The molecule has 0 saturated heterocycles. The molecule has 5 nitrogen and oxygen atoms in total. The summed E-state index contributed by atoms with van der Waals surface area (Å²) in [5, 5.41) is 22.6. The molecule has 2 aliphatic rings. The van der Waals surface area contributed by atoms with E-state index in [-0.39, 0.29) is 17.9 Å². The highest BCUT2D eigenvalue weighted by Crippen LogP contribution is 2.52. The van der Waals surface area contributed by atoms with Crippen LogP contribution in [0.4, 0.5) is 0 Å². The Morgan fingerprint density at radius 3 is 2.45 bits per heavy atom. The van der Waals surface area contributed by atoms with Gasteiger partial charge in [0.25, 0.3) is 0 Å². The van der Waals surface area contributed by atoms with Crippen molar-refractivity contribution < 1.29 is 24.1 Å². The normalized spacial score (nSPS) is 29.5. The maximum Gasteiger partial charge on any atom is 0.141 e. The molecule has 5 heteroatoms. The van der Waals surface area contributed by atoms with Crippen LogP contribution in [0.5, 0.6) is 11.5 Å². The molecule has 1 aromatic heterocycles. The average molecular weight is 423 g/mol. The van der Waals surface area contributed by atoms with Crippen molar-refractivity contribution in [3.05, 3.63) is 59.4 Å². The molecule has 2 heterocycles. The Morgan fingerprint density at radius 1 is 1.06 bits per heavy atom. The van der Waals surface area contributed by atoms with E-state index in [9.17, 15) is 10.2 Å². The summed E-state index contributed by atoms with van der Waals surface area (Å²) in [5.41, 5.74) is 2.28. The van der Waals surface area contributed by atoms with Gasteiger partial charge < -0.3 is 24.1 Å². The van der Waals surface area contributed by atoms with Gasteiger partial charge in [-0.3, -0.25) is 0 Å². The van der Waals surface area contributed by atoms with Gasteiger partial charge in [0, 0.05) is 23.0 Å². The van der Waals surface area contributed by atoms with Crippen molar-refractivity contribution in [2.45, 2.75) is 57.8 Å². The fraction of sp³-hybridized carbons (Fsp3) is 0.462. The summed E-state index contributed by atoms with van der Waals surface area (Å²) < 4.78 is 18.4. The zero-order valence-electron chi connectivity index (χ0n) is 18.5. The number of fused-ring (bicyclic) bond motifs is 3. The molecule has 1 saturated carbocycles. The summed E-state index contributed by atoms with van der Waals surface area (Å²) in [7, 11) is 1.66. The number of hydrogen-bond donors (Lipinski definition) is 2. The highest BCUT2D eigenvalue weighted by Gasteiger charge is 2.54. The van der Waals surface area contributed by atoms with E-state index in [1.54, 1.807) is 7.11 Å². The minimum absolute atomic E-state index is 0.0286. The fourth-order valence-electron chi connectivity index (χ4n) is 5.50. The van der Waals surface area contributed by atoms with Crippen molar-refractivity contribution in [2.75, 3.05) is 7.11 Å².